The van der Waals surface area contributed by atoms with Crippen LogP contribution in [0.3, 0.4) is 0 Å². The first-order valence-electron chi connectivity index (χ1n) is 8.39. The number of carboxylic acids is 1. The average Bonchev–Trinajstić information content (AvgIpc) is 2.58. The molecule has 1 aliphatic heterocycles. The average molecular weight is 353 g/mol. The quantitative estimate of drug-likeness (QED) is 0.899. The minimum absolute atomic E-state index is 0.128. The Kier molecular flexibility index (Phi) is 4.67. The van der Waals surface area contributed by atoms with Crippen LogP contribution < -0.4 is 0 Å². The van der Waals surface area contributed by atoms with Crippen molar-refractivity contribution in [2.24, 2.45) is 11.3 Å². The number of piperidine rings is 1. The van der Waals surface area contributed by atoms with Gasteiger partial charge in [0.1, 0.15) is 6.61 Å². The Morgan fingerprint density at radius 3 is 2.52 bits per heavy atom. The van der Waals surface area contributed by atoms with Crippen molar-refractivity contribution in [1.82, 2.24) is 4.90 Å². The summed E-state index contributed by atoms with van der Waals surface area (Å²) in [6.45, 7) is 0.731. The molecule has 1 saturated heterocycles. The van der Waals surface area contributed by atoms with Gasteiger partial charge in [-0.1, -0.05) is 30.3 Å². The Morgan fingerprint density at radius 1 is 1.24 bits per heavy atom. The Balaban J connectivity index is 1.61. The molecule has 25 heavy (non-hydrogen) atoms. The predicted molar refractivity (Wildman–Crippen MR) is 85.2 cm³/mol. The van der Waals surface area contributed by atoms with Gasteiger partial charge in [-0.05, 0) is 24.3 Å². The second-order valence-corrected chi connectivity index (χ2v) is 7.00. The molecule has 1 unspecified atom stereocenters. The first kappa shape index (κ1) is 17.6. The van der Waals surface area contributed by atoms with Crippen molar-refractivity contribution in [3.05, 3.63) is 35.9 Å². The molecule has 1 aromatic rings. The van der Waals surface area contributed by atoms with Gasteiger partial charge in [0.15, 0.2) is 0 Å². The van der Waals surface area contributed by atoms with Crippen molar-refractivity contribution >= 4 is 12.1 Å². The van der Waals surface area contributed by atoms with E-state index in [1.807, 2.05) is 30.3 Å². The standard InChI is InChI=1S/C18H21F2NO4/c19-18(20)11-17(12-18,15(22)23)14-7-4-8-21(9-14)16(24)25-10-13-5-2-1-3-6-13/h1-3,5-6,14H,4,7-12H2,(H,22,23). The van der Waals surface area contributed by atoms with E-state index in [-0.39, 0.29) is 13.2 Å². The van der Waals surface area contributed by atoms with Crippen LogP contribution in [0.4, 0.5) is 13.6 Å². The Morgan fingerprint density at radius 2 is 1.92 bits per heavy atom. The number of rotatable bonds is 4. The molecular formula is C18H21F2NO4. The summed E-state index contributed by atoms with van der Waals surface area (Å²) in [6, 6.07) is 9.21. The van der Waals surface area contributed by atoms with Gasteiger partial charge in [-0.15, -0.1) is 0 Å². The van der Waals surface area contributed by atoms with Gasteiger partial charge in [0.2, 0.25) is 5.92 Å². The van der Waals surface area contributed by atoms with E-state index in [9.17, 15) is 23.5 Å². The highest BCUT2D eigenvalue weighted by atomic mass is 19.3. The largest absolute Gasteiger partial charge is 0.481 e. The molecule has 0 bridgehead atoms. The molecular weight excluding hydrogens is 332 g/mol. The maximum atomic E-state index is 13.3. The second kappa shape index (κ2) is 6.61. The molecule has 2 aliphatic rings. The molecule has 3 rings (SSSR count). The highest BCUT2D eigenvalue weighted by Crippen LogP contribution is 2.58. The second-order valence-electron chi connectivity index (χ2n) is 7.00. The molecule has 136 valence electrons. The number of halogens is 2. The molecule has 5 nitrogen and oxygen atoms in total. The van der Waals surface area contributed by atoms with Gasteiger partial charge in [-0.3, -0.25) is 4.79 Å². The normalized spacial score (nSPS) is 24.2. The van der Waals surface area contributed by atoms with Crippen LogP contribution in [0.15, 0.2) is 30.3 Å². The number of alkyl halides is 2. The van der Waals surface area contributed by atoms with Crippen LogP contribution in [0.1, 0.15) is 31.2 Å². The van der Waals surface area contributed by atoms with Crippen LogP contribution in [0, 0.1) is 11.3 Å². The van der Waals surface area contributed by atoms with Crippen molar-refractivity contribution < 1.29 is 28.2 Å². The van der Waals surface area contributed by atoms with Crippen molar-refractivity contribution in [1.29, 1.82) is 0 Å². The number of carboxylic acid groups (broad SMARTS) is 1. The maximum absolute atomic E-state index is 13.3. The monoisotopic (exact) mass is 353 g/mol. The number of amides is 1. The summed E-state index contributed by atoms with van der Waals surface area (Å²) >= 11 is 0. The van der Waals surface area contributed by atoms with Crippen LogP contribution in [0.5, 0.6) is 0 Å². The number of hydrogen-bond donors (Lipinski definition) is 1. The van der Waals surface area contributed by atoms with E-state index in [2.05, 4.69) is 0 Å². The molecule has 1 atom stereocenters. The minimum atomic E-state index is -2.92. The number of nitrogens with zero attached hydrogens (tertiary/aromatic N) is 1. The fourth-order valence-electron chi connectivity index (χ4n) is 3.89. The molecule has 1 heterocycles. The van der Waals surface area contributed by atoms with E-state index in [1.54, 1.807) is 0 Å². The zero-order chi connectivity index (χ0) is 18.1. The first-order chi connectivity index (χ1) is 11.8. The van der Waals surface area contributed by atoms with Gasteiger partial charge >= 0.3 is 12.1 Å². The zero-order valence-electron chi connectivity index (χ0n) is 13.8. The third-order valence-corrected chi connectivity index (χ3v) is 5.24. The number of carbonyl (C=O) groups is 2. The van der Waals surface area contributed by atoms with Gasteiger partial charge in [0.25, 0.3) is 0 Å². The maximum Gasteiger partial charge on any atom is 0.410 e. The van der Waals surface area contributed by atoms with Gasteiger partial charge in [0.05, 0.1) is 5.41 Å². The third kappa shape index (κ3) is 3.60. The zero-order valence-corrected chi connectivity index (χ0v) is 13.8. The summed E-state index contributed by atoms with van der Waals surface area (Å²) in [5, 5.41) is 9.48. The summed E-state index contributed by atoms with van der Waals surface area (Å²) in [7, 11) is 0. The Bertz CT molecular complexity index is 642. The van der Waals surface area contributed by atoms with Gasteiger partial charge < -0.3 is 14.7 Å². The lowest BCUT2D eigenvalue weighted by atomic mass is 9.57. The summed E-state index contributed by atoms with van der Waals surface area (Å²) in [6.07, 6.45) is -0.698. The summed E-state index contributed by atoms with van der Waals surface area (Å²) in [5.41, 5.74) is -0.577. The molecule has 1 aliphatic carbocycles. The Labute approximate surface area is 144 Å². The van der Waals surface area contributed by atoms with Crippen LogP contribution in [0.25, 0.3) is 0 Å². The highest BCUT2D eigenvalue weighted by molar-refractivity contribution is 5.77. The topological polar surface area (TPSA) is 66.8 Å². The molecule has 7 heteroatoms. The smallest absolute Gasteiger partial charge is 0.410 e. The molecule has 1 N–H and O–H groups in total. The van der Waals surface area contributed by atoms with Gasteiger partial charge in [0, 0.05) is 25.9 Å². The van der Waals surface area contributed by atoms with Crippen LogP contribution in [0.2, 0.25) is 0 Å². The van der Waals surface area contributed by atoms with Crippen molar-refractivity contribution in [3.63, 3.8) is 0 Å². The lowest BCUT2D eigenvalue weighted by molar-refractivity contribution is -0.210. The molecule has 1 amide bonds. The molecule has 2 fully saturated rings. The van der Waals surface area contributed by atoms with E-state index >= 15 is 0 Å². The molecule has 0 aromatic heterocycles. The van der Waals surface area contributed by atoms with E-state index in [1.165, 1.54) is 4.90 Å². The summed E-state index contributed by atoms with van der Waals surface area (Å²) in [5.74, 6) is -4.58. The predicted octanol–water partition coefficient (Wildman–Crippen LogP) is 3.54. The first-order valence-corrected chi connectivity index (χ1v) is 8.39. The number of aliphatic carboxylic acids is 1. The van der Waals surface area contributed by atoms with Crippen molar-refractivity contribution in [2.75, 3.05) is 13.1 Å². The van der Waals surface area contributed by atoms with Crippen molar-refractivity contribution in [2.45, 2.75) is 38.2 Å². The molecule has 1 saturated carbocycles. The van der Waals surface area contributed by atoms with Gasteiger partial charge in [-0.2, -0.15) is 0 Å². The Hall–Kier alpha value is -2.18. The fourth-order valence-corrected chi connectivity index (χ4v) is 3.89. The van der Waals surface area contributed by atoms with Gasteiger partial charge in [-0.25, -0.2) is 13.6 Å². The van der Waals surface area contributed by atoms with E-state index in [0.29, 0.717) is 19.4 Å². The fraction of sp³-hybridized carbons (Fsp3) is 0.556. The lowest BCUT2D eigenvalue weighted by Crippen LogP contribution is -2.59. The lowest BCUT2D eigenvalue weighted by Gasteiger charge is -2.51. The van der Waals surface area contributed by atoms with Crippen LogP contribution in [-0.2, 0) is 16.1 Å². The minimum Gasteiger partial charge on any atom is -0.481 e. The van der Waals surface area contributed by atoms with E-state index in [0.717, 1.165) is 5.56 Å². The number of ether oxygens (including phenoxy) is 1. The van der Waals surface area contributed by atoms with E-state index in [4.69, 9.17) is 4.74 Å². The molecule has 1 aromatic carbocycles. The number of hydrogen-bond acceptors (Lipinski definition) is 3. The number of likely N-dealkylation sites (tertiary alicyclic amines) is 1. The third-order valence-electron chi connectivity index (χ3n) is 5.24. The van der Waals surface area contributed by atoms with Crippen LogP contribution >= 0.6 is 0 Å². The SMILES string of the molecule is O=C(OCc1ccccc1)N1CCCC(C2(C(=O)O)CC(F)(F)C2)C1. The summed E-state index contributed by atoms with van der Waals surface area (Å²) < 4.78 is 32.0. The molecule has 0 radical (unpaired) electrons. The van der Waals surface area contributed by atoms with Crippen LogP contribution in [-0.4, -0.2) is 41.1 Å². The summed E-state index contributed by atoms with van der Waals surface area (Å²) in [4.78, 5) is 25.3. The van der Waals surface area contributed by atoms with E-state index < -0.39 is 42.2 Å². The number of carbonyl (C=O) groups excluding carboxylic acids is 1. The number of benzene rings is 1. The highest BCUT2D eigenvalue weighted by Gasteiger charge is 2.64. The van der Waals surface area contributed by atoms with Crippen molar-refractivity contribution in [3.8, 4) is 0 Å². The molecule has 0 spiro atoms.